The van der Waals surface area contributed by atoms with Crippen molar-refractivity contribution < 1.29 is 9.85 Å². The van der Waals surface area contributed by atoms with E-state index in [0.717, 1.165) is 6.07 Å². The first-order valence-corrected chi connectivity index (χ1v) is 5.85. The van der Waals surface area contributed by atoms with Crippen molar-refractivity contribution in [2.45, 2.75) is 6.92 Å². The van der Waals surface area contributed by atoms with Crippen LogP contribution in [0.3, 0.4) is 0 Å². The van der Waals surface area contributed by atoms with E-state index >= 15 is 0 Å². The predicted molar refractivity (Wildman–Crippen MR) is 69.3 cm³/mol. The maximum absolute atomic E-state index is 11.0. The number of non-ortho nitro benzene ring substituents is 1. The van der Waals surface area contributed by atoms with Gasteiger partial charge in [0.25, 0.3) is 5.69 Å². The summed E-state index contributed by atoms with van der Waals surface area (Å²) in [4.78, 5) is 20.3. The first-order chi connectivity index (χ1) is 8.90. The number of halogens is 1. The summed E-state index contributed by atoms with van der Waals surface area (Å²) in [5.41, 5.74) is 0.114. The summed E-state index contributed by atoms with van der Waals surface area (Å²) in [7, 11) is 0. The third kappa shape index (κ3) is 2.45. The molecule has 0 radical (unpaired) electrons. The zero-order valence-corrected chi connectivity index (χ0v) is 11.2. The molecular weight excluding hydrogens is 320 g/mol. The molecule has 1 aromatic heterocycles. The molecule has 1 heterocycles. The zero-order valence-electron chi connectivity index (χ0n) is 9.61. The first kappa shape index (κ1) is 13.1. The Morgan fingerprint density at radius 3 is 2.37 bits per heavy atom. The number of hydrogen-bond donors (Lipinski definition) is 0. The molecule has 0 aliphatic heterocycles. The number of nitro benzene ring substituents is 2. The second kappa shape index (κ2) is 4.76. The normalized spacial score (nSPS) is 10.4. The summed E-state index contributed by atoms with van der Waals surface area (Å²) in [6.45, 7) is 1.73. The van der Waals surface area contributed by atoms with Crippen LogP contribution < -0.4 is 0 Å². The average Bonchev–Trinajstić information content (AvgIpc) is 2.67. The molecule has 0 N–H and O–H groups in total. The van der Waals surface area contributed by atoms with Crippen molar-refractivity contribution in [3.8, 4) is 5.69 Å². The number of rotatable bonds is 3. The van der Waals surface area contributed by atoms with Gasteiger partial charge in [-0.2, -0.15) is 5.10 Å². The lowest BCUT2D eigenvalue weighted by atomic mass is 10.2. The third-order valence-electron chi connectivity index (χ3n) is 2.38. The molecule has 0 aliphatic carbocycles. The van der Waals surface area contributed by atoms with Crippen molar-refractivity contribution in [3.05, 3.63) is 54.8 Å². The van der Waals surface area contributed by atoms with Gasteiger partial charge in [0.05, 0.1) is 21.6 Å². The van der Waals surface area contributed by atoms with Gasteiger partial charge in [-0.05, 0) is 35.0 Å². The van der Waals surface area contributed by atoms with E-state index in [1.165, 1.54) is 16.8 Å². The number of hydrogen-bond acceptors (Lipinski definition) is 5. The number of aromatic nitrogens is 2. The lowest BCUT2D eigenvalue weighted by Gasteiger charge is -2.04. The Labute approximate surface area is 115 Å². The minimum absolute atomic E-state index is 0.163. The van der Waals surface area contributed by atoms with E-state index in [2.05, 4.69) is 21.0 Å². The minimum atomic E-state index is -0.680. The summed E-state index contributed by atoms with van der Waals surface area (Å²) in [6.07, 6.45) is 0. The van der Waals surface area contributed by atoms with E-state index in [4.69, 9.17) is 0 Å². The Bertz CT molecular complexity index is 682. The maximum Gasteiger partial charge on any atom is 0.301 e. The average molecular weight is 327 g/mol. The summed E-state index contributed by atoms with van der Waals surface area (Å²) in [5, 5.41) is 25.8. The molecule has 0 spiro atoms. The fourth-order valence-electron chi connectivity index (χ4n) is 1.59. The predicted octanol–water partition coefficient (Wildman–Crippen LogP) is 2.76. The van der Waals surface area contributed by atoms with Crippen LogP contribution in [0.25, 0.3) is 5.69 Å². The lowest BCUT2D eigenvalue weighted by Crippen LogP contribution is -2.03. The van der Waals surface area contributed by atoms with E-state index in [9.17, 15) is 20.2 Å². The largest absolute Gasteiger partial charge is 0.301 e. The molecule has 2 rings (SSSR count). The quantitative estimate of drug-likeness (QED) is 0.637. The standard InChI is InChI=1S/C10H7BrN4O4/c1-6-4-10(11)13(12-6)8-3-2-7(14(16)17)5-9(8)15(18)19/h2-5H,1H3. The second-order valence-corrected chi connectivity index (χ2v) is 4.52. The Kier molecular flexibility index (Phi) is 3.30. The van der Waals surface area contributed by atoms with Crippen LogP contribution in [0.4, 0.5) is 11.4 Å². The molecule has 0 atom stereocenters. The molecule has 0 unspecified atom stereocenters. The van der Waals surface area contributed by atoms with Crippen LogP contribution in [0, 0.1) is 27.2 Å². The minimum Gasteiger partial charge on any atom is -0.258 e. The fourth-order valence-corrected chi connectivity index (χ4v) is 2.19. The maximum atomic E-state index is 11.0. The van der Waals surface area contributed by atoms with Crippen molar-refractivity contribution in [2.75, 3.05) is 0 Å². The van der Waals surface area contributed by atoms with Crippen LogP contribution in [-0.4, -0.2) is 19.6 Å². The monoisotopic (exact) mass is 326 g/mol. The summed E-state index contributed by atoms with van der Waals surface area (Å²) in [6, 6.07) is 5.10. The number of aryl methyl sites for hydroxylation is 1. The first-order valence-electron chi connectivity index (χ1n) is 5.05. The van der Waals surface area contributed by atoms with Crippen molar-refractivity contribution in [1.29, 1.82) is 0 Å². The highest BCUT2D eigenvalue weighted by atomic mass is 79.9. The van der Waals surface area contributed by atoms with E-state index < -0.39 is 9.85 Å². The van der Waals surface area contributed by atoms with Crippen LogP contribution in [0.15, 0.2) is 28.9 Å². The Morgan fingerprint density at radius 2 is 1.89 bits per heavy atom. The highest BCUT2D eigenvalue weighted by Gasteiger charge is 2.22. The van der Waals surface area contributed by atoms with Crippen molar-refractivity contribution >= 4 is 27.3 Å². The van der Waals surface area contributed by atoms with Gasteiger partial charge in [0, 0.05) is 6.07 Å². The summed E-state index contributed by atoms with van der Waals surface area (Å²) in [5.74, 6) is 0. The van der Waals surface area contributed by atoms with Gasteiger partial charge in [-0.3, -0.25) is 20.2 Å². The van der Waals surface area contributed by atoms with Gasteiger partial charge in [0.1, 0.15) is 10.3 Å². The molecule has 0 saturated heterocycles. The SMILES string of the molecule is Cc1cc(Br)n(-c2ccc([N+](=O)[O-])cc2[N+](=O)[O-])n1. The van der Waals surface area contributed by atoms with Crippen LogP contribution in [0.5, 0.6) is 0 Å². The molecule has 8 nitrogen and oxygen atoms in total. The van der Waals surface area contributed by atoms with E-state index in [1.807, 2.05) is 0 Å². The Balaban J connectivity index is 2.66. The summed E-state index contributed by atoms with van der Waals surface area (Å²) < 4.78 is 1.85. The molecule has 19 heavy (non-hydrogen) atoms. The van der Waals surface area contributed by atoms with Gasteiger partial charge >= 0.3 is 5.69 Å². The smallest absolute Gasteiger partial charge is 0.258 e. The lowest BCUT2D eigenvalue weighted by molar-refractivity contribution is -0.394. The zero-order chi connectivity index (χ0) is 14.2. The Morgan fingerprint density at radius 1 is 1.21 bits per heavy atom. The van der Waals surface area contributed by atoms with Crippen LogP contribution >= 0.6 is 15.9 Å². The second-order valence-electron chi connectivity index (χ2n) is 3.71. The van der Waals surface area contributed by atoms with E-state index in [-0.39, 0.29) is 17.1 Å². The molecule has 2 aromatic rings. The molecular formula is C10H7BrN4O4. The summed E-state index contributed by atoms with van der Waals surface area (Å²) >= 11 is 3.23. The van der Waals surface area contributed by atoms with Crippen LogP contribution in [0.2, 0.25) is 0 Å². The van der Waals surface area contributed by atoms with E-state index in [0.29, 0.717) is 10.3 Å². The highest BCUT2D eigenvalue weighted by Crippen LogP contribution is 2.29. The van der Waals surface area contributed by atoms with Gasteiger partial charge in [-0.25, -0.2) is 4.68 Å². The van der Waals surface area contributed by atoms with Gasteiger partial charge in [0.2, 0.25) is 0 Å². The topological polar surface area (TPSA) is 104 Å². The van der Waals surface area contributed by atoms with Crippen LogP contribution in [-0.2, 0) is 0 Å². The molecule has 0 fully saturated rings. The Hall–Kier alpha value is -2.29. The van der Waals surface area contributed by atoms with Gasteiger partial charge in [-0.15, -0.1) is 0 Å². The number of nitro groups is 2. The van der Waals surface area contributed by atoms with Gasteiger partial charge in [0.15, 0.2) is 0 Å². The van der Waals surface area contributed by atoms with Crippen molar-refractivity contribution in [3.63, 3.8) is 0 Å². The molecule has 0 aliphatic rings. The molecule has 98 valence electrons. The highest BCUT2D eigenvalue weighted by molar-refractivity contribution is 9.10. The van der Waals surface area contributed by atoms with Crippen molar-refractivity contribution in [1.82, 2.24) is 9.78 Å². The van der Waals surface area contributed by atoms with Crippen molar-refractivity contribution in [2.24, 2.45) is 0 Å². The molecule has 0 saturated carbocycles. The fraction of sp³-hybridized carbons (Fsp3) is 0.100. The molecule has 9 heteroatoms. The molecule has 1 aromatic carbocycles. The van der Waals surface area contributed by atoms with Gasteiger partial charge in [-0.1, -0.05) is 0 Å². The van der Waals surface area contributed by atoms with Crippen LogP contribution in [0.1, 0.15) is 5.69 Å². The van der Waals surface area contributed by atoms with Gasteiger partial charge < -0.3 is 0 Å². The number of benzene rings is 1. The third-order valence-corrected chi connectivity index (χ3v) is 2.95. The number of nitrogens with zero attached hydrogens (tertiary/aromatic N) is 4. The molecule has 0 amide bonds. The van der Waals surface area contributed by atoms with E-state index in [1.54, 1.807) is 13.0 Å². The molecule has 0 bridgehead atoms.